The van der Waals surface area contributed by atoms with E-state index in [1.54, 1.807) is 18.2 Å². The zero-order valence-corrected chi connectivity index (χ0v) is 14.9. The molecule has 1 N–H and O–H groups in total. The van der Waals surface area contributed by atoms with E-state index in [1.165, 1.54) is 6.20 Å². The number of fused-ring (bicyclic) bond motifs is 1. The maximum atomic E-state index is 12.4. The molecule has 0 aliphatic carbocycles. The molecule has 0 saturated carbocycles. The predicted molar refractivity (Wildman–Crippen MR) is 95.4 cm³/mol. The van der Waals surface area contributed by atoms with Gasteiger partial charge in [-0.25, -0.2) is 4.98 Å². The summed E-state index contributed by atoms with van der Waals surface area (Å²) in [6, 6.07) is 8.68. The average molecular weight is 362 g/mol. The van der Waals surface area contributed by atoms with Crippen molar-refractivity contribution in [2.24, 2.45) is 0 Å². The van der Waals surface area contributed by atoms with E-state index in [0.29, 0.717) is 35.4 Å². The molecule has 132 valence electrons. The van der Waals surface area contributed by atoms with E-state index in [9.17, 15) is 4.79 Å². The Balaban J connectivity index is 1.60. The van der Waals surface area contributed by atoms with Crippen LogP contribution in [-0.4, -0.2) is 49.6 Å². The number of likely N-dealkylation sites (N-methyl/N-ethyl adjacent to an activating group) is 1. The number of rotatable bonds is 6. The van der Waals surface area contributed by atoms with Crippen LogP contribution in [0.5, 0.6) is 11.6 Å². The van der Waals surface area contributed by atoms with Crippen molar-refractivity contribution >= 4 is 17.5 Å². The van der Waals surface area contributed by atoms with Crippen LogP contribution in [-0.2, 0) is 0 Å². The lowest BCUT2D eigenvalue weighted by molar-refractivity contribution is 0.0930. The molecule has 25 heavy (non-hydrogen) atoms. The van der Waals surface area contributed by atoms with Crippen molar-refractivity contribution in [1.82, 2.24) is 15.2 Å². The molecular formula is C18H20ClN3O3. The SMILES string of the molecule is CN(C)CCOc1ccc(C(=O)NC2COc3c(Cl)cccc32)cn1. The second kappa shape index (κ2) is 7.72. The summed E-state index contributed by atoms with van der Waals surface area (Å²) in [7, 11) is 3.95. The fourth-order valence-corrected chi connectivity index (χ4v) is 2.74. The van der Waals surface area contributed by atoms with Crippen LogP contribution in [0.4, 0.5) is 0 Å². The van der Waals surface area contributed by atoms with E-state index in [1.807, 2.05) is 31.1 Å². The molecule has 1 aliphatic heterocycles. The highest BCUT2D eigenvalue weighted by molar-refractivity contribution is 6.32. The van der Waals surface area contributed by atoms with E-state index < -0.39 is 0 Å². The fourth-order valence-electron chi connectivity index (χ4n) is 2.50. The minimum absolute atomic E-state index is 0.214. The highest BCUT2D eigenvalue weighted by Crippen LogP contribution is 2.38. The van der Waals surface area contributed by atoms with Crippen LogP contribution < -0.4 is 14.8 Å². The molecule has 0 spiro atoms. The quantitative estimate of drug-likeness (QED) is 0.856. The Kier molecular flexibility index (Phi) is 5.40. The van der Waals surface area contributed by atoms with E-state index >= 15 is 0 Å². The lowest BCUT2D eigenvalue weighted by atomic mass is 10.1. The van der Waals surface area contributed by atoms with Crippen LogP contribution in [0.1, 0.15) is 22.0 Å². The Morgan fingerprint density at radius 3 is 2.96 bits per heavy atom. The van der Waals surface area contributed by atoms with Crippen LogP contribution in [0.2, 0.25) is 5.02 Å². The summed E-state index contributed by atoms with van der Waals surface area (Å²) in [6.45, 7) is 1.71. The largest absolute Gasteiger partial charge is 0.489 e. The average Bonchev–Trinajstić information content (AvgIpc) is 2.99. The van der Waals surface area contributed by atoms with Gasteiger partial charge in [0.1, 0.15) is 19.0 Å². The van der Waals surface area contributed by atoms with Gasteiger partial charge < -0.3 is 19.7 Å². The number of ether oxygens (including phenoxy) is 2. The number of carbonyl (C=O) groups excluding carboxylic acids is 1. The van der Waals surface area contributed by atoms with Gasteiger partial charge >= 0.3 is 0 Å². The van der Waals surface area contributed by atoms with Gasteiger partial charge in [0, 0.05) is 24.4 Å². The number of hydrogen-bond donors (Lipinski definition) is 1. The van der Waals surface area contributed by atoms with Crippen molar-refractivity contribution in [1.29, 1.82) is 0 Å². The number of nitrogens with one attached hydrogen (secondary N) is 1. The van der Waals surface area contributed by atoms with Crippen molar-refractivity contribution in [3.8, 4) is 11.6 Å². The Morgan fingerprint density at radius 1 is 1.40 bits per heavy atom. The number of aromatic nitrogens is 1. The molecular weight excluding hydrogens is 342 g/mol. The molecule has 1 aromatic heterocycles. The number of carbonyl (C=O) groups is 1. The summed E-state index contributed by atoms with van der Waals surface area (Å²) in [5.74, 6) is 0.922. The maximum Gasteiger partial charge on any atom is 0.253 e. The van der Waals surface area contributed by atoms with Gasteiger partial charge in [-0.15, -0.1) is 0 Å². The fraction of sp³-hybridized carbons (Fsp3) is 0.333. The van der Waals surface area contributed by atoms with Gasteiger partial charge in [-0.1, -0.05) is 23.7 Å². The van der Waals surface area contributed by atoms with Gasteiger partial charge in [0.25, 0.3) is 5.91 Å². The zero-order chi connectivity index (χ0) is 17.8. The number of para-hydroxylation sites is 1. The first-order chi connectivity index (χ1) is 12.0. The Labute approximate surface area is 151 Å². The molecule has 0 fully saturated rings. The van der Waals surface area contributed by atoms with Gasteiger partial charge in [0.05, 0.1) is 16.6 Å². The molecule has 1 unspecified atom stereocenters. The summed E-state index contributed by atoms with van der Waals surface area (Å²) in [5.41, 5.74) is 1.35. The molecule has 2 aromatic rings. The Morgan fingerprint density at radius 2 is 2.24 bits per heavy atom. The summed E-state index contributed by atoms with van der Waals surface area (Å²) in [6.07, 6.45) is 1.51. The third-order valence-corrected chi connectivity index (χ3v) is 4.16. The van der Waals surface area contributed by atoms with Crippen molar-refractivity contribution < 1.29 is 14.3 Å². The minimum atomic E-state index is -0.225. The molecule has 7 heteroatoms. The highest BCUT2D eigenvalue weighted by Gasteiger charge is 2.27. The molecule has 3 rings (SSSR count). The smallest absolute Gasteiger partial charge is 0.253 e. The maximum absolute atomic E-state index is 12.4. The van der Waals surface area contributed by atoms with Crippen molar-refractivity contribution in [2.75, 3.05) is 33.9 Å². The molecule has 1 amide bonds. The molecule has 1 aliphatic rings. The van der Waals surface area contributed by atoms with E-state index in [2.05, 4.69) is 10.3 Å². The summed E-state index contributed by atoms with van der Waals surface area (Å²) in [5, 5.41) is 3.50. The monoisotopic (exact) mass is 361 g/mol. The lowest BCUT2D eigenvalue weighted by Crippen LogP contribution is -2.29. The second-order valence-corrected chi connectivity index (χ2v) is 6.44. The first-order valence-corrected chi connectivity index (χ1v) is 8.38. The minimum Gasteiger partial charge on any atom is -0.489 e. The van der Waals surface area contributed by atoms with Crippen molar-refractivity contribution in [3.63, 3.8) is 0 Å². The highest BCUT2D eigenvalue weighted by atomic mass is 35.5. The lowest BCUT2D eigenvalue weighted by Gasteiger charge is -2.12. The van der Waals surface area contributed by atoms with Crippen LogP contribution in [0, 0.1) is 0 Å². The molecule has 1 atom stereocenters. The Hall–Kier alpha value is -2.31. The number of pyridine rings is 1. The number of halogens is 1. The Bertz CT molecular complexity index is 750. The predicted octanol–water partition coefficient (Wildman–Crippen LogP) is 2.54. The molecule has 0 saturated heterocycles. The van der Waals surface area contributed by atoms with Gasteiger partial charge in [0.2, 0.25) is 5.88 Å². The molecule has 6 nitrogen and oxygen atoms in total. The summed E-state index contributed by atoms with van der Waals surface area (Å²) < 4.78 is 11.1. The normalized spacial score (nSPS) is 15.6. The van der Waals surface area contributed by atoms with Gasteiger partial charge in [0.15, 0.2) is 0 Å². The van der Waals surface area contributed by atoms with Crippen LogP contribution in [0.3, 0.4) is 0 Å². The first kappa shape index (κ1) is 17.5. The summed E-state index contributed by atoms with van der Waals surface area (Å²) >= 11 is 6.10. The molecule has 1 aromatic carbocycles. The van der Waals surface area contributed by atoms with Crippen LogP contribution in [0.25, 0.3) is 0 Å². The number of benzene rings is 1. The van der Waals surface area contributed by atoms with E-state index in [4.69, 9.17) is 21.1 Å². The third kappa shape index (κ3) is 4.21. The van der Waals surface area contributed by atoms with Gasteiger partial charge in [-0.05, 0) is 26.2 Å². The van der Waals surface area contributed by atoms with Crippen molar-refractivity contribution in [3.05, 3.63) is 52.7 Å². The molecule has 0 radical (unpaired) electrons. The number of nitrogens with zero attached hydrogens (tertiary/aromatic N) is 2. The van der Waals surface area contributed by atoms with Crippen molar-refractivity contribution in [2.45, 2.75) is 6.04 Å². The van der Waals surface area contributed by atoms with Gasteiger partial charge in [-0.3, -0.25) is 4.79 Å². The number of hydrogen-bond acceptors (Lipinski definition) is 5. The van der Waals surface area contributed by atoms with Crippen LogP contribution >= 0.6 is 11.6 Å². The molecule has 0 bridgehead atoms. The standard InChI is InChI=1S/C18H20ClN3O3/c1-22(2)8-9-24-16-7-6-12(10-20-16)18(23)21-15-11-25-17-13(15)4-3-5-14(17)19/h3-7,10,15H,8-9,11H2,1-2H3,(H,21,23). The topological polar surface area (TPSA) is 63.7 Å². The van der Waals surface area contributed by atoms with E-state index in [-0.39, 0.29) is 11.9 Å². The van der Waals surface area contributed by atoms with Crippen LogP contribution in [0.15, 0.2) is 36.5 Å². The summed E-state index contributed by atoms with van der Waals surface area (Å²) in [4.78, 5) is 18.6. The zero-order valence-electron chi connectivity index (χ0n) is 14.2. The second-order valence-electron chi connectivity index (χ2n) is 6.03. The van der Waals surface area contributed by atoms with E-state index in [0.717, 1.165) is 12.1 Å². The first-order valence-electron chi connectivity index (χ1n) is 8.00. The number of amides is 1. The van der Waals surface area contributed by atoms with Gasteiger partial charge in [-0.2, -0.15) is 0 Å². The molecule has 2 heterocycles. The third-order valence-electron chi connectivity index (χ3n) is 3.86.